The third kappa shape index (κ3) is 2.15. The van der Waals surface area contributed by atoms with Gasteiger partial charge in [0.25, 0.3) is 0 Å². The fraction of sp³-hybridized carbons (Fsp3) is 0.167. The smallest absolute Gasteiger partial charge is 0.231 e. The van der Waals surface area contributed by atoms with Gasteiger partial charge in [0.2, 0.25) is 12.5 Å². The molecular formula is C18H14O6. The molecule has 2 heterocycles. The molecule has 0 unspecified atom stereocenters. The normalized spacial score (nSPS) is 12.4. The summed E-state index contributed by atoms with van der Waals surface area (Å²) in [5.74, 6) is 2.57. The highest BCUT2D eigenvalue weighted by Gasteiger charge is 2.24. The van der Waals surface area contributed by atoms with Gasteiger partial charge in [-0.15, -0.1) is 0 Å². The maximum Gasteiger partial charge on any atom is 0.231 e. The molecule has 6 nitrogen and oxygen atoms in total. The average Bonchev–Trinajstić information content (AvgIpc) is 3.08. The van der Waals surface area contributed by atoms with Crippen LogP contribution < -0.4 is 24.4 Å². The molecule has 24 heavy (non-hydrogen) atoms. The van der Waals surface area contributed by atoms with Crippen LogP contribution in [-0.4, -0.2) is 21.0 Å². The van der Waals surface area contributed by atoms with Gasteiger partial charge < -0.3 is 23.4 Å². The van der Waals surface area contributed by atoms with Crippen LogP contribution in [0.4, 0.5) is 0 Å². The molecule has 1 aliphatic heterocycles. The summed E-state index contributed by atoms with van der Waals surface area (Å²) in [5, 5.41) is 0.485. The van der Waals surface area contributed by atoms with Crippen LogP contribution in [0.3, 0.4) is 0 Å². The predicted octanol–water partition coefficient (Wildman–Crippen LogP) is 3.21. The second kappa shape index (κ2) is 5.49. The summed E-state index contributed by atoms with van der Waals surface area (Å²) in [4.78, 5) is 12.4. The summed E-state index contributed by atoms with van der Waals surface area (Å²) in [6, 6.07) is 10.1. The second-order valence-corrected chi connectivity index (χ2v) is 5.22. The summed E-state index contributed by atoms with van der Waals surface area (Å²) in [6.45, 7) is 0.133. The zero-order valence-electron chi connectivity index (χ0n) is 13.1. The Kier molecular flexibility index (Phi) is 3.30. The van der Waals surface area contributed by atoms with Crippen LogP contribution in [0, 0.1) is 0 Å². The van der Waals surface area contributed by atoms with Crippen LogP contribution in [0.15, 0.2) is 45.6 Å². The fourth-order valence-corrected chi connectivity index (χ4v) is 2.74. The van der Waals surface area contributed by atoms with E-state index in [0.717, 1.165) is 0 Å². The minimum Gasteiger partial charge on any atom is -0.497 e. The summed E-state index contributed by atoms with van der Waals surface area (Å²) in [5.41, 5.74) is 0.911. The Morgan fingerprint density at radius 1 is 1.00 bits per heavy atom. The van der Waals surface area contributed by atoms with E-state index >= 15 is 0 Å². The highest BCUT2D eigenvalue weighted by molar-refractivity contribution is 5.82. The number of methoxy groups -OCH3 is 2. The van der Waals surface area contributed by atoms with E-state index in [9.17, 15) is 4.79 Å². The van der Waals surface area contributed by atoms with E-state index in [4.69, 9.17) is 23.4 Å². The van der Waals surface area contributed by atoms with Crippen molar-refractivity contribution < 1.29 is 23.4 Å². The lowest BCUT2D eigenvalue weighted by atomic mass is 10.1. The van der Waals surface area contributed by atoms with E-state index in [2.05, 4.69) is 0 Å². The van der Waals surface area contributed by atoms with Crippen LogP contribution in [0.1, 0.15) is 0 Å². The van der Waals surface area contributed by atoms with Gasteiger partial charge in [0.1, 0.15) is 17.1 Å². The highest BCUT2D eigenvalue weighted by atomic mass is 16.7. The third-order valence-electron chi connectivity index (χ3n) is 3.90. The zero-order valence-corrected chi connectivity index (χ0v) is 13.1. The minimum atomic E-state index is -0.145. The Labute approximate surface area is 137 Å². The lowest BCUT2D eigenvalue weighted by Crippen LogP contribution is -2.01. The first-order valence-corrected chi connectivity index (χ1v) is 7.30. The molecule has 4 rings (SSSR count). The van der Waals surface area contributed by atoms with Crippen molar-refractivity contribution in [3.8, 4) is 34.3 Å². The van der Waals surface area contributed by atoms with Crippen molar-refractivity contribution in [2.75, 3.05) is 21.0 Å². The first-order valence-electron chi connectivity index (χ1n) is 7.30. The van der Waals surface area contributed by atoms with Crippen LogP contribution in [0.25, 0.3) is 22.3 Å². The molecule has 6 heteroatoms. The molecule has 0 bridgehead atoms. The van der Waals surface area contributed by atoms with Gasteiger partial charge in [-0.25, -0.2) is 0 Å². The SMILES string of the molecule is COc1ccc2c(=O)cc(-c3ccc4c(c3OC)OCO4)oc2c1. The van der Waals surface area contributed by atoms with Crippen molar-refractivity contribution in [2.24, 2.45) is 0 Å². The van der Waals surface area contributed by atoms with Crippen molar-refractivity contribution in [3.63, 3.8) is 0 Å². The van der Waals surface area contributed by atoms with Gasteiger partial charge in [-0.3, -0.25) is 4.79 Å². The van der Waals surface area contributed by atoms with Crippen molar-refractivity contribution in [2.45, 2.75) is 0 Å². The van der Waals surface area contributed by atoms with E-state index in [1.54, 1.807) is 37.4 Å². The first-order chi connectivity index (χ1) is 11.7. The Morgan fingerprint density at radius 2 is 1.88 bits per heavy atom. The minimum absolute atomic E-state index is 0.133. The highest BCUT2D eigenvalue weighted by Crippen LogP contribution is 2.46. The summed E-state index contributed by atoms with van der Waals surface area (Å²) >= 11 is 0. The molecule has 0 saturated carbocycles. The molecule has 0 aliphatic carbocycles. The van der Waals surface area contributed by atoms with Crippen molar-refractivity contribution >= 4 is 11.0 Å². The molecule has 0 fully saturated rings. The van der Waals surface area contributed by atoms with Gasteiger partial charge in [0.15, 0.2) is 16.9 Å². The Hall–Kier alpha value is -3.15. The van der Waals surface area contributed by atoms with E-state index in [1.807, 2.05) is 0 Å². The number of fused-ring (bicyclic) bond motifs is 2. The number of ether oxygens (including phenoxy) is 4. The largest absolute Gasteiger partial charge is 0.497 e. The standard InChI is InChI=1S/C18H14O6/c1-20-10-3-4-11-13(19)8-16(24-15(11)7-10)12-5-6-14-18(17(12)21-2)23-9-22-14/h3-8H,9H2,1-2H3. The molecule has 3 aromatic rings. The number of benzene rings is 2. The topological polar surface area (TPSA) is 67.1 Å². The van der Waals surface area contributed by atoms with Crippen LogP contribution in [-0.2, 0) is 0 Å². The molecule has 0 N–H and O–H groups in total. The van der Waals surface area contributed by atoms with E-state index < -0.39 is 0 Å². The van der Waals surface area contributed by atoms with Gasteiger partial charge >= 0.3 is 0 Å². The molecule has 0 radical (unpaired) electrons. The summed E-state index contributed by atoms with van der Waals surface area (Å²) in [6.07, 6.45) is 0. The van der Waals surface area contributed by atoms with Gasteiger partial charge in [-0.2, -0.15) is 0 Å². The van der Waals surface area contributed by atoms with Crippen molar-refractivity contribution in [3.05, 3.63) is 46.6 Å². The molecule has 0 atom stereocenters. The monoisotopic (exact) mass is 326 g/mol. The summed E-state index contributed by atoms with van der Waals surface area (Å²) in [7, 11) is 3.09. The summed E-state index contributed by atoms with van der Waals surface area (Å²) < 4.78 is 27.3. The number of hydrogen-bond donors (Lipinski definition) is 0. The Balaban J connectivity index is 1.95. The quantitative estimate of drug-likeness (QED) is 0.736. The lowest BCUT2D eigenvalue weighted by Gasteiger charge is -2.11. The molecular weight excluding hydrogens is 312 g/mol. The molecule has 0 amide bonds. The Morgan fingerprint density at radius 3 is 2.67 bits per heavy atom. The van der Waals surface area contributed by atoms with Crippen molar-refractivity contribution in [1.82, 2.24) is 0 Å². The molecule has 122 valence electrons. The van der Waals surface area contributed by atoms with Gasteiger partial charge in [0, 0.05) is 12.1 Å². The molecule has 1 aliphatic rings. The van der Waals surface area contributed by atoms with Crippen molar-refractivity contribution in [1.29, 1.82) is 0 Å². The predicted molar refractivity (Wildman–Crippen MR) is 87.1 cm³/mol. The number of hydrogen-bond acceptors (Lipinski definition) is 6. The maximum atomic E-state index is 12.4. The van der Waals surface area contributed by atoms with E-state index in [-0.39, 0.29) is 12.2 Å². The van der Waals surface area contributed by atoms with E-state index in [0.29, 0.717) is 45.3 Å². The number of rotatable bonds is 3. The van der Waals surface area contributed by atoms with Gasteiger partial charge in [-0.05, 0) is 24.3 Å². The maximum absolute atomic E-state index is 12.4. The lowest BCUT2D eigenvalue weighted by molar-refractivity contribution is 0.171. The molecule has 0 spiro atoms. The Bertz CT molecular complexity index is 989. The van der Waals surface area contributed by atoms with Gasteiger partial charge in [-0.1, -0.05) is 0 Å². The van der Waals surface area contributed by atoms with Crippen LogP contribution >= 0.6 is 0 Å². The molecule has 1 aromatic heterocycles. The fourth-order valence-electron chi connectivity index (χ4n) is 2.74. The van der Waals surface area contributed by atoms with Crippen LogP contribution in [0.2, 0.25) is 0 Å². The third-order valence-corrected chi connectivity index (χ3v) is 3.90. The average molecular weight is 326 g/mol. The second-order valence-electron chi connectivity index (χ2n) is 5.22. The first kappa shape index (κ1) is 14.4. The van der Waals surface area contributed by atoms with E-state index in [1.165, 1.54) is 13.2 Å². The van der Waals surface area contributed by atoms with Crippen LogP contribution in [0.5, 0.6) is 23.0 Å². The zero-order chi connectivity index (χ0) is 16.7. The molecule has 0 saturated heterocycles. The van der Waals surface area contributed by atoms with Gasteiger partial charge in [0.05, 0.1) is 25.2 Å². The molecule has 2 aromatic carbocycles.